The Morgan fingerprint density at radius 3 is 2.61 bits per heavy atom. The highest BCUT2D eigenvalue weighted by atomic mass is 16.5. The van der Waals surface area contributed by atoms with E-state index in [9.17, 15) is 5.11 Å². The van der Waals surface area contributed by atoms with Crippen LogP contribution in [0.3, 0.4) is 0 Å². The van der Waals surface area contributed by atoms with Gasteiger partial charge in [-0.05, 0) is 55.5 Å². The molecule has 8 nitrogen and oxygen atoms in total. The number of benzene rings is 1. The predicted molar refractivity (Wildman–Crippen MR) is 123 cm³/mol. The van der Waals surface area contributed by atoms with Crippen LogP contribution in [-0.4, -0.2) is 51.8 Å². The number of aliphatic hydroxyl groups is 2. The SMILES string of the molecule is CCc1cc(-c2nc(-c3cc(OC)nc(C4CCCC4)c3)no2)cc(C)c1OCC(O)CO. The van der Waals surface area contributed by atoms with Gasteiger partial charge in [-0.2, -0.15) is 4.98 Å². The van der Waals surface area contributed by atoms with Gasteiger partial charge in [0.2, 0.25) is 11.7 Å². The third-order valence-electron chi connectivity index (χ3n) is 6.10. The molecule has 4 rings (SSSR count). The van der Waals surface area contributed by atoms with Crippen molar-refractivity contribution >= 4 is 0 Å². The van der Waals surface area contributed by atoms with Crippen LogP contribution < -0.4 is 9.47 Å². The Morgan fingerprint density at radius 1 is 1.12 bits per heavy atom. The van der Waals surface area contributed by atoms with Crippen molar-refractivity contribution in [3.05, 3.63) is 41.1 Å². The highest BCUT2D eigenvalue weighted by Crippen LogP contribution is 2.36. The fourth-order valence-electron chi connectivity index (χ4n) is 4.32. The van der Waals surface area contributed by atoms with E-state index in [1.165, 1.54) is 12.8 Å². The van der Waals surface area contributed by atoms with Crippen molar-refractivity contribution in [1.82, 2.24) is 15.1 Å². The van der Waals surface area contributed by atoms with Gasteiger partial charge in [0.25, 0.3) is 5.89 Å². The van der Waals surface area contributed by atoms with Crippen molar-refractivity contribution < 1.29 is 24.2 Å². The molecule has 0 saturated heterocycles. The minimum absolute atomic E-state index is 0.0294. The number of aliphatic hydroxyl groups excluding tert-OH is 2. The second-order valence-corrected chi connectivity index (χ2v) is 8.51. The summed E-state index contributed by atoms with van der Waals surface area (Å²) >= 11 is 0. The Labute approximate surface area is 193 Å². The summed E-state index contributed by atoms with van der Waals surface area (Å²) in [7, 11) is 1.62. The zero-order chi connectivity index (χ0) is 23.4. The summed E-state index contributed by atoms with van der Waals surface area (Å²) in [5.74, 6) is 2.61. The zero-order valence-electron chi connectivity index (χ0n) is 19.4. The fraction of sp³-hybridized carbons (Fsp3) is 0.480. The first kappa shape index (κ1) is 23.2. The van der Waals surface area contributed by atoms with E-state index >= 15 is 0 Å². The molecule has 0 bridgehead atoms. The van der Waals surface area contributed by atoms with Crippen LogP contribution >= 0.6 is 0 Å². The second kappa shape index (κ2) is 10.3. The quantitative estimate of drug-likeness (QED) is 0.499. The van der Waals surface area contributed by atoms with Crippen LogP contribution in [-0.2, 0) is 6.42 Å². The summed E-state index contributed by atoms with van der Waals surface area (Å²) in [6, 6.07) is 7.76. The Morgan fingerprint density at radius 2 is 1.91 bits per heavy atom. The first-order chi connectivity index (χ1) is 16.0. The molecule has 1 unspecified atom stereocenters. The van der Waals surface area contributed by atoms with Crippen LogP contribution in [0.5, 0.6) is 11.6 Å². The highest BCUT2D eigenvalue weighted by Gasteiger charge is 2.22. The molecular formula is C25H31N3O5. The molecule has 1 fully saturated rings. The molecule has 0 radical (unpaired) electrons. The van der Waals surface area contributed by atoms with E-state index in [1.54, 1.807) is 7.11 Å². The third kappa shape index (κ3) is 5.17. The molecule has 1 aliphatic carbocycles. The van der Waals surface area contributed by atoms with E-state index in [4.69, 9.17) is 19.1 Å². The number of ether oxygens (including phenoxy) is 2. The van der Waals surface area contributed by atoms with Gasteiger partial charge in [0.1, 0.15) is 18.5 Å². The number of nitrogens with zero attached hydrogens (tertiary/aromatic N) is 3. The van der Waals surface area contributed by atoms with Gasteiger partial charge in [-0.25, -0.2) is 4.98 Å². The lowest BCUT2D eigenvalue weighted by Gasteiger charge is -2.16. The van der Waals surface area contributed by atoms with Gasteiger partial charge in [0.05, 0.1) is 13.7 Å². The molecule has 176 valence electrons. The molecule has 1 saturated carbocycles. The topological polar surface area (TPSA) is 111 Å². The van der Waals surface area contributed by atoms with E-state index in [2.05, 4.69) is 15.1 Å². The van der Waals surface area contributed by atoms with Crippen LogP contribution in [0, 0.1) is 6.92 Å². The van der Waals surface area contributed by atoms with Gasteiger partial charge < -0.3 is 24.2 Å². The number of hydrogen-bond donors (Lipinski definition) is 2. The maximum absolute atomic E-state index is 9.62. The molecule has 0 spiro atoms. The van der Waals surface area contributed by atoms with Crippen molar-refractivity contribution in [3.8, 4) is 34.5 Å². The Hall–Kier alpha value is -2.97. The van der Waals surface area contributed by atoms with Gasteiger partial charge in [-0.3, -0.25) is 0 Å². The van der Waals surface area contributed by atoms with Crippen LogP contribution in [0.2, 0.25) is 0 Å². The van der Waals surface area contributed by atoms with Crippen LogP contribution in [0.15, 0.2) is 28.8 Å². The predicted octanol–water partition coefficient (Wildman–Crippen LogP) is 4.07. The second-order valence-electron chi connectivity index (χ2n) is 8.51. The van der Waals surface area contributed by atoms with Crippen molar-refractivity contribution in [2.24, 2.45) is 0 Å². The summed E-state index contributed by atoms with van der Waals surface area (Å²) in [6.45, 7) is 3.65. The number of aromatic nitrogens is 3. The number of hydrogen-bond acceptors (Lipinski definition) is 8. The van der Waals surface area contributed by atoms with E-state index in [-0.39, 0.29) is 13.2 Å². The molecule has 2 N–H and O–H groups in total. The number of rotatable bonds is 9. The average Bonchev–Trinajstić information content (AvgIpc) is 3.55. The molecule has 0 aliphatic heterocycles. The van der Waals surface area contributed by atoms with Crippen molar-refractivity contribution in [2.45, 2.75) is 58.0 Å². The number of pyridine rings is 1. The summed E-state index contributed by atoms with van der Waals surface area (Å²) < 4.78 is 16.8. The van der Waals surface area contributed by atoms with Gasteiger partial charge in [-0.1, -0.05) is 24.9 Å². The third-order valence-corrected chi connectivity index (χ3v) is 6.10. The standard InChI is InChI=1S/C25H31N3O5/c1-4-16-10-19(9-15(2)23(16)32-14-20(30)13-29)25-27-24(28-33-25)18-11-21(17-7-5-6-8-17)26-22(12-18)31-3/h9-12,17,20,29-30H,4-8,13-14H2,1-3H3. The van der Waals surface area contributed by atoms with Crippen LogP contribution in [0.25, 0.3) is 22.8 Å². The Kier molecular flexibility index (Phi) is 7.25. The molecule has 0 amide bonds. The van der Waals surface area contributed by atoms with Crippen molar-refractivity contribution in [1.29, 1.82) is 0 Å². The van der Waals surface area contributed by atoms with Gasteiger partial charge in [0, 0.05) is 28.8 Å². The molecule has 3 aromatic rings. The summed E-state index contributed by atoms with van der Waals surface area (Å²) in [5, 5.41) is 22.9. The van der Waals surface area contributed by atoms with E-state index in [0.717, 1.165) is 47.2 Å². The summed E-state index contributed by atoms with van der Waals surface area (Å²) in [5.41, 5.74) is 4.50. The van der Waals surface area contributed by atoms with Gasteiger partial charge in [-0.15, -0.1) is 0 Å². The maximum atomic E-state index is 9.62. The first-order valence-corrected chi connectivity index (χ1v) is 11.5. The summed E-state index contributed by atoms with van der Waals surface area (Å²) in [4.78, 5) is 9.30. The number of aryl methyl sites for hydroxylation is 2. The maximum Gasteiger partial charge on any atom is 0.258 e. The Bertz CT molecular complexity index is 1090. The smallest absolute Gasteiger partial charge is 0.258 e. The lowest BCUT2D eigenvalue weighted by Crippen LogP contribution is -2.22. The molecule has 33 heavy (non-hydrogen) atoms. The largest absolute Gasteiger partial charge is 0.490 e. The number of methoxy groups -OCH3 is 1. The zero-order valence-corrected chi connectivity index (χ0v) is 19.4. The highest BCUT2D eigenvalue weighted by molar-refractivity contribution is 5.64. The molecule has 1 aromatic carbocycles. The van der Waals surface area contributed by atoms with Crippen molar-refractivity contribution in [3.63, 3.8) is 0 Å². The normalized spacial score (nSPS) is 15.1. The van der Waals surface area contributed by atoms with E-state index in [0.29, 0.717) is 29.3 Å². The molecule has 2 heterocycles. The summed E-state index contributed by atoms with van der Waals surface area (Å²) in [6.07, 6.45) is 4.54. The van der Waals surface area contributed by atoms with Crippen LogP contribution in [0.1, 0.15) is 55.3 Å². The van der Waals surface area contributed by atoms with E-state index < -0.39 is 6.10 Å². The lowest BCUT2D eigenvalue weighted by molar-refractivity contribution is 0.0531. The van der Waals surface area contributed by atoms with Crippen LogP contribution in [0.4, 0.5) is 0 Å². The van der Waals surface area contributed by atoms with Crippen molar-refractivity contribution in [2.75, 3.05) is 20.3 Å². The Balaban J connectivity index is 1.63. The fourth-order valence-corrected chi connectivity index (χ4v) is 4.32. The monoisotopic (exact) mass is 453 g/mol. The molecule has 1 aliphatic rings. The van der Waals surface area contributed by atoms with Gasteiger partial charge >= 0.3 is 0 Å². The minimum atomic E-state index is -0.918. The minimum Gasteiger partial charge on any atom is -0.490 e. The first-order valence-electron chi connectivity index (χ1n) is 11.5. The molecule has 2 aromatic heterocycles. The molecule has 1 atom stereocenters. The van der Waals surface area contributed by atoms with E-state index in [1.807, 2.05) is 38.1 Å². The lowest BCUT2D eigenvalue weighted by atomic mass is 10.0. The average molecular weight is 454 g/mol. The molecule has 8 heteroatoms. The van der Waals surface area contributed by atoms with Gasteiger partial charge in [0.15, 0.2) is 0 Å². The molecular weight excluding hydrogens is 422 g/mol.